The summed E-state index contributed by atoms with van der Waals surface area (Å²) in [7, 11) is 5.17. The molecule has 1 radical (unpaired) electrons. The van der Waals surface area contributed by atoms with Crippen molar-refractivity contribution in [2.75, 3.05) is 21.1 Å². The Hall–Kier alpha value is -0.730. The highest BCUT2D eigenvalue weighted by atomic mass is 15.1. The van der Waals surface area contributed by atoms with Crippen molar-refractivity contribution in [3.63, 3.8) is 0 Å². The maximum absolute atomic E-state index is 3.76. The topological polar surface area (TPSA) is 38.5 Å². The predicted octanol–water partition coefficient (Wildman–Crippen LogP) is -0.574. The molecule has 0 amide bonds. The zero-order chi connectivity index (χ0) is 5.70. The predicted molar refractivity (Wildman–Crippen MR) is 30.5 cm³/mol. The molecule has 0 rings (SSSR count). The van der Waals surface area contributed by atoms with Gasteiger partial charge in [0.15, 0.2) is 0 Å². The molecule has 41 valence electrons. The minimum absolute atomic E-state index is 0.681. The Morgan fingerprint density at radius 2 is 2.00 bits per heavy atom. The molecule has 0 bridgehead atoms. The molecule has 0 unspecified atom stereocenters. The van der Waals surface area contributed by atoms with Gasteiger partial charge in [-0.1, -0.05) is 0 Å². The molecule has 0 aromatic rings. The van der Waals surface area contributed by atoms with Crippen LogP contribution >= 0.6 is 0 Å². The highest BCUT2D eigenvalue weighted by Gasteiger charge is 1.82. The highest BCUT2D eigenvalue weighted by molar-refractivity contribution is 5.78. The second-order valence-corrected chi connectivity index (χ2v) is 1.02. The molecule has 0 atom stereocenters. The molecular weight excluding hydrogens is 90.1 g/mol. The second-order valence-electron chi connectivity index (χ2n) is 1.02. The van der Waals surface area contributed by atoms with Crippen LogP contribution in [0.5, 0.6) is 0 Å². The first-order valence-corrected chi connectivity index (χ1v) is 2.09. The maximum Gasteiger partial charge on any atom is 0.212 e. The van der Waals surface area contributed by atoms with E-state index in [-0.39, 0.29) is 0 Å². The van der Waals surface area contributed by atoms with Gasteiger partial charge in [-0.25, -0.2) is 0 Å². The average molecular weight is 100 g/mol. The van der Waals surface area contributed by atoms with Crippen molar-refractivity contribution in [1.29, 1.82) is 0 Å². The molecule has 3 nitrogen and oxygen atoms in total. The Morgan fingerprint density at radius 1 is 1.43 bits per heavy atom. The molecule has 0 heterocycles. The molecule has 3 heteroatoms. The molecule has 0 aromatic heterocycles. The van der Waals surface area contributed by atoms with Gasteiger partial charge in [-0.15, -0.1) is 0 Å². The summed E-state index contributed by atoms with van der Waals surface area (Å²) in [5.41, 5.74) is 0. The zero-order valence-corrected chi connectivity index (χ0v) is 4.89. The SMILES string of the molecule is C[N]C(=NC)NC. The number of aliphatic imine (C=N–C) groups is 1. The Labute approximate surface area is 43.8 Å². The number of nitrogens with zero attached hydrogens (tertiary/aromatic N) is 2. The number of hydrogen-bond acceptors (Lipinski definition) is 1. The van der Waals surface area contributed by atoms with Crippen molar-refractivity contribution >= 4 is 5.96 Å². The van der Waals surface area contributed by atoms with Gasteiger partial charge in [0.2, 0.25) is 5.96 Å². The lowest BCUT2D eigenvalue weighted by Gasteiger charge is -1.96. The van der Waals surface area contributed by atoms with Crippen LogP contribution < -0.4 is 10.6 Å². The van der Waals surface area contributed by atoms with Crippen molar-refractivity contribution in [3.8, 4) is 0 Å². The van der Waals surface area contributed by atoms with E-state index in [1.165, 1.54) is 0 Å². The van der Waals surface area contributed by atoms with Gasteiger partial charge >= 0.3 is 0 Å². The average Bonchev–Trinajstić information content (AvgIpc) is 1.72. The van der Waals surface area contributed by atoms with Gasteiger partial charge in [-0.3, -0.25) is 10.3 Å². The van der Waals surface area contributed by atoms with Crippen LogP contribution in [0, 0.1) is 0 Å². The molecule has 0 saturated carbocycles. The van der Waals surface area contributed by atoms with Gasteiger partial charge in [-0.05, 0) is 0 Å². The fourth-order valence-electron chi connectivity index (χ4n) is 0.324. The van der Waals surface area contributed by atoms with Crippen molar-refractivity contribution in [3.05, 3.63) is 0 Å². The molecule has 0 aliphatic heterocycles. The monoisotopic (exact) mass is 100 g/mol. The molecule has 0 spiro atoms. The molecule has 0 saturated heterocycles. The largest absolute Gasteiger partial charge is 0.358 e. The molecule has 0 fully saturated rings. The van der Waals surface area contributed by atoms with Gasteiger partial charge < -0.3 is 5.32 Å². The van der Waals surface area contributed by atoms with Crippen LogP contribution in [0.2, 0.25) is 0 Å². The lowest BCUT2D eigenvalue weighted by molar-refractivity contribution is 1.000. The first kappa shape index (κ1) is 6.27. The van der Waals surface area contributed by atoms with Crippen LogP contribution in [0.3, 0.4) is 0 Å². The quantitative estimate of drug-likeness (QED) is 0.321. The van der Waals surface area contributed by atoms with Gasteiger partial charge in [0.1, 0.15) is 0 Å². The third kappa shape index (κ3) is 2.03. The summed E-state index contributed by atoms with van der Waals surface area (Å²) in [5, 5.41) is 6.55. The summed E-state index contributed by atoms with van der Waals surface area (Å²) < 4.78 is 0. The lowest BCUT2D eigenvalue weighted by Crippen LogP contribution is -2.25. The summed E-state index contributed by atoms with van der Waals surface area (Å²) >= 11 is 0. The minimum atomic E-state index is 0.681. The van der Waals surface area contributed by atoms with Crippen LogP contribution in [-0.4, -0.2) is 27.1 Å². The normalized spacial score (nSPS) is 11.0. The van der Waals surface area contributed by atoms with Crippen LogP contribution in [0.25, 0.3) is 0 Å². The van der Waals surface area contributed by atoms with Crippen molar-refractivity contribution in [2.24, 2.45) is 4.99 Å². The lowest BCUT2D eigenvalue weighted by atomic mass is 10.9. The van der Waals surface area contributed by atoms with E-state index in [9.17, 15) is 0 Å². The van der Waals surface area contributed by atoms with E-state index in [2.05, 4.69) is 15.6 Å². The number of nitrogens with one attached hydrogen (secondary N) is 1. The van der Waals surface area contributed by atoms with Crippen LogP contribution in [-0.2, 0) is 0 Å². The Bertz CT molecular complexity index is 61.3. The number of guanidine groups is 1. The summed E-state index contributed by atoms with van der Waals surface area (Å²) in [6.45, 7) is 0. The Balaban J connectivity index is 3.38. The van der Waals surface area contributed by atoms with Crippen molar-refractivity contribution in [1.82, 2.24) is 10.6 Å². The molecular formula is C4H10N3. The summed E-state index contributed by atoms with van der Waals surface area (Å²) in [5.74, 6) is 0.681. The van der Waals surface area contributed by atoms with Crippen LogP contribution in [0.1, 0.15) is 0 Å². The van der Waals surface area contributed by atoms with Crippen LogP contribution in [0.4, 0.5) is 0 Å². The number of rotatable bonds is 0. The third-order valence-electron chi connectivity index (χ3n) is 0.647. The van der Waals surface area contributed by atoms with E-state index >= 15 is 0 Å². The highest BCUT2D eigenvalue weighted by Crippen LogP contribution is 1.58. The van der Waals surface area contributed by atoms with E-state index in [0.29, 0.717) is 5.96 Å². The second kappa shape index (κ2) is 3.46. The summed E-state index contributed by atoms with van der Waals surface area (Å²) in [6, 6.07) is 0. The molecule has 7 heavy (non-hydrogen) atoms. The maximum atomic E-state index is 3.76. The third-order valence-corrected chi connectivity index (χ3v) is 0.647. The fraction of sp³-hybridized carbons (Fsp3) is 0.750. The van der Waals surface area contributed by atoms with E-state index in [1.54, 1.807) is 21.1 Å². The van der Waals surface area contributed by atoms with Gasteiger partial charge in [0.05, 0.1) is 0 Å². The summed E-state index contributed by atoms with van der Waals surface area (Å²) in [4.78, 5) is 3.76. The Kier molecular flexibility index (Phi) is 3.10. The molecule has 0 aliphatic rings. The molecule has 0 aromatic carbocycles. The van der Waals surface area contributed by atoms with Gasteiger partial charge in [0.25, 0.3) is 0 Å². The zero-order valence-electron chi connectivity index (χ0n) is 4.89. The van der Waals surface area contributed by atoms with Gasteiger partial charge in [0, 0.05) is 21.1 Å². The minimum Gasteiger partial charge on any atom is -0.358 e. The summed E-state index contributed by atoms with van der Waals surface area (Å²) in [6.07, 6.45) is 0. The Morgan fingerprint density at radius 3 is 2.00 bits per heavy atom. The number of hydrogen-bond donors (Lipinski definition) is 1. The van der Waals surface area contributed by atoms with Crippen molar-refractivity contribution < 1.29 is 0 Å². The van der Waals surface area contributed by atoms with E-state index < -0.39 is 0 Å². The molecule has 1 N–H and O–H groups in total. The van der Waals surface area contributed by atoms with Gasteiger partial charge in [-0.2, -0.15) is 0 Å². The van der Waals surface area contributed by atoms with E-state index in [4.69, 9.17) is 0 Å². The fourth-order valence-corrected chi connectivity index (χ4v) is 0.324. The first-order chi connectivity index (χ1) is 3.35. The van der Waals surface area contributed by atoms with E-state index in [1.807, 2.05) is 0 Å². The first-order valence-electron chi connectivity index (χ1n) is 2.09. The van der Waals surface area contributed by atoms with Crippen LogP contribution in [0.15, 0.2) is 4.99 Å². The smallest absolute Gasteiger partial charge is 0.212 e. The van der Waals surface area contributed by atoms with Crippen molar-refractivity contribution in [2.45, 2.75) is 0 Å². The standard InChI is InChI=1S/C4H10N3/c1-5-4(6-2)7-3/h1-3H3,(H,5,6). The molecule has 0 aliphatic carbocycles. The van der Waals surface area contributed by atoms with E-state index in [0.717, 1.165) is 0 Å².